The average Bonchev–Trinajstić information content (AvgIpc) is 2.95. The molecule has 2 saturated carbocycles. The topological polar surface area (TPSA) is 66.8 Å². The lowest BCUT2D eigenvalue weighted by molar-refractivity contribution is -0.154. The van der Waals surface area contributed by atoms with E-state index in [2.05, 4.69) is 13.0 Å². The fourth-order valence-electron chi connectivity index (χ4n) is 5.17. The predicted octanol–water partition coefficient (Wildman–Crippen LogP) is 2.60. The van der Waals surface area contributed by atoms with Crippen molar-refractivity contribution in [1.82, 2.24) is 0 Å². The van der Waals surface area contributed by atoms with Gasteiger partial charge in [0.15, 0.2) is 0 Å². The van der Waals surface area contributed by atoms with Crippen LogP contribution in [-0.2, 0) is 9.53 Å². The van der Waals surface area contributed by atoms with E-state index >= 15 is 0 Å². The van der Waals surface area contributed by atoms with E-state index in [1.54, 1.807) is 0 Å². The summed E-state index contributed by atoms with van der Waals surface area (Å²) in [5.74, 6) is 0.434. The van der Waals surface area contributed by atoms with Crippen LogP contribution in [0.3, 0.4) is 0 Å². The Kier molecular flexibility index (Phi) is 4.41. The molecule has 2 fully saturated rings. The highest BCUT2D eigenvalue weighted by atomic mass is 16.5. The molecule has 0 amide bonds. The minimum atomic E-state index is -0.430. The fourth-order valence-corrected chi connectivity index (χ4v) is 5.17. The van der Waals surface area contributed by atoms with Gasteiger partial charge >= 0.3 is 5.97 Å². The Hall–Kier alpha value is -1.13. The largest absolute Gasteiger partial charge is 0.458 e. The van der Waals surface area contributed by atoms with Crippen molar-refractivity contribution in [2.75, 3.05) is 13.2 Å². The van der Waals surface area contributed by atoms with Gasteiger partial charge in [-0.15, -0.1) is 0 Å². The average molecular weight is 320 g/mol. The van der Waals surface area contributed by atoms with Crippen LogP contribution in [-0.4, -0.2) is 35.5 Å². The molecule has 0 spiro atoms. The highest BCUT2D eigenvalue weighted by Crippen LogP contribution is 2.60. The lowest BCUT2D eigenvalue weighted by atomic mass is 9.47. The minimum Gasteiger partial charge on any atom is -0.458 e. The number of carbonyl (C=O) groups excluding carboxylic acids is 1. The van der Waals surface area contributed by atoms with Gasteiger partial charge in [-0.25, -0.2) is 4.79 Å². The van der Waals surface area contributed by atoms with E-state index in [0.717, 1.165) is 32.1 Å². The second-order valence-corrected chi connectivity index (χ2v) is 7.93. The van der Waals surface area contributed by atoms with Crippen molar-refractivity contribution in [3.05, 3.63) is 23.8 Å². The maximum atomic E-state index is 11.6. The van der Waals surface area contributed by atoms with Crippen molar-refractivity contribution < 1.29 is 19.7 Å². The van der Waals surface area contributed by atoms with Crippen molar-refractivity contribution in [3.8, 4) is 0 Å². The maximum absolute atomic E-state index is 11.6. The fraction of sp³-hybridized carbons (Fsp3) is 0.737. The van der Waals surface area contributed by atoms with E-state index in [4.69, 9.17) is 4.74 Å². The van der Waals surface area contributed by atoms with E-state index in [1.807, 2.05) is 19.1 Å². The molecular formula is C19H28O4. The molecule has 3 aliphatic rings. The summed E-state index contributed by atoms with van der Waals surface area (Å²) < 4.78 is 4.95. The van der Waals surface area contributed by atoms with Crippen molar-refractivity contribution in [2.45, 2.75) is 52.1 Å². The summed E-state index contributed by atoms with van der Waals surface area (Å²) in [5, 5.41) is 20.4. The Labute approximate surface area is 138 Å². The maximum Gasteiger partial charge on any atom is 0.338 e. The van der Waals surface area contributed by atoms with Gasteiger partial charge in [-0.1, -0.05) is 32.4 Å². The van der Waals surface area contributed by atoms with Crippen LogP contribution in [0.2, 0.25) is 0 Å². The smallest absolute Gasteiger partial charge is 0.338 e. The Morgan fingerprint density at radius 2 is 2.13 bits per heavy atom. The highest BCUT2D eigenvalue weighted by molar-refractivity contribution is 5.93. The van der Waals surface area contributed by atoms with Crippen molar-refractivity contribution in [1.29, 1.82) is 0 Å². The molecule has 1 heterocycles. The minimum absolute atomic E-state index is 0.0301. The molecule has 3 rings (SSSR count). The number of fused-ring (bicyclic) bond motifs is 1. The first kappa shape index (κ1) is 16.7. The monoisotopic (exact) mass is 320 g/mol. The van der Waals surface area contributed by atoms with Gasteiger partial charge in [-0.3, -0.25) is 0 Å². The number of ether oxygens (including phenoxy) is 1. The quantitative estimate of drug-likeness (QED) is 0.785. The molecule has 0 bridgehead atoms. The summed E-state index contributed by atoms with van der Waals surface area (Å²) in [7, 11) is 0. The zero-order chi connectivity index (χ0) is 16.7. The van der Waals surface area contributed by atoms with E-state index < -0.39 is 11.5 Å². The van der Waals surface area contributed by atoms with E-state index in [9.17, 15) is 15.0 Å². The van der Waals surface area contributed by atoms with Crippen LogP contribution >= 0.6 is 0 Å². The summed E-state index contributed by atoms with van der Waals surface area (Å²) in [6, 6.07) is 0. The molecule has 0 saturated heterocycles. The van der Waals surface area contributed by atoms with Gasteiger partial charge in [-0.2, -0.15) is 0 Å². The third kappa shape index (κ3) is 2.66. The number of rotatable bonds is 3. The van der Waals surface area contributed by atoms with E-state index in [-0.39, 0.29) is 18.0 Å². The first-order chi connectivity index (χ1) is 10.9. The van der Waals surface area contributed by atoms with Gasteiger partial charge in [-0.05, 0) is 49.0 Å². The normalized spacial score (nSPS) is 44.1. The summed E-state index contributed by atoms with van der Waals surface area (Å²) in [4.78, 5) is 11.6. The predicted molar refractivity (Wildman–Crippen MR) is 87.6 cm³/mol. The molecule has 0 aromatic heterocycles. The number of allylic oxidation sites excluding steroid dienone is 1. The molecule has 4 nitrogen and oxygen atoms in total. The molecule has 0 aromatic carbocycles. The molecule has 2 aliphatic carbocycles. The van der Waals surface area contributed by atoms with Gasteiger partial charge in [0, 0.05) is 5.41 Å². The molecule has 0 radical (unpaired) electrons. The second kappa shape index (κ2) is 6.06. The zero-order valence-electron chi connectivity index (χ0n) is 14.1. The van der Waals surface area contributed by atoms with Gasteiger partial charge in [0.05, 0.1) is 18.3 Å². The summed E-state index contributed by atoms with van der Waals surface area (Å²) >= 11 is 0. The first-order valence-electron chi connectivity index (χ1n) is 8.76. The molecule has 1 aliphatic heterocycles. The van der Waals surface area contributed by atoms with E-state index in [1.165, 1.54) is 0 Å². The third-order valence-corrected chi connectivity index (χ3v) is 6.77. The van der Waals surface area contributed by atoms with Crippen LogP contribution in [0.25, 0.3) is 0 Å². The molecule has 5 atom stereocenters. The van der Waals surface area contributed by atoms with Crippen LogP contribution in [0.5, 0.6) is 0 Å². The van der Waals surface area contributed by atoms with Crippen LogP contribution in [0.1, 0.15) is 46.0 Å². The van der Waals surface area contributed by atoms with Crippen molar-refractivity contribution in [3.63, 3.8) is 0 Å². The summed E-state index contributed by atoms with van der Waals surface area (Å²) in [6.45, 7) is 4.73. The first-order valence-corrected chi connectivity index (χ1v) is 8.76. The molecular weight excluding hydrogens is 292 g/mol. The van der Waals surface area contributed by atoms with E-state index in [0.29, 0.717) is 24.0 Å². The Morgan fingerprint density at radius 1 is 1.35 bits per heavy atom. The Morgan fingerprint density at radius 3 is 2.78 bits per heavy atom. The summed E-state index contributed by atoms with van der Waals surface area (Å²) in [6.07, 6.45) is 10.4. The molecule has 128 valence electrons. The SMILES string of the molecule is CC12CCC(O)[C@@](C)(CO)[C@H]1CCCC2/C=C/C1=CCOC1=O. The number of aliphatic hydroxyl groups is 2. The van der Waals surface area contributed by atoms with Crippen molar-refractivity contribution in [2.24, 2.45) is 22.7 Å². The zero-order valence-corrected chi connectivity index (χ0v) is 14.1. The number of hydrogen-bond donors (Lipinski definition) is 2. The van der Waals surface area contributed by atoms with Gasteiger partial charge in [0.2, 0.25) is 0 Å². The van der Waals surface area contributed by atoms with Crippen molar-refractivity contribution >= 4 is 5.97 Å². The molecule has 0 aromatic rings. The Bertz CT molecular complexity index is 537. The lowest BCUT2D eigenvalue weighted by Crippen LogP contribution is -2.56. The van der Waals surface area contributed by atoms with Gasteiger partial charge < -0.3 is 14.9 Å². The standard InChI is InChI=1S/C19H28O4/c1-18-10-8-16(21)19(2,12-20)15(18)5-3-4-14(18)7-6-13-9-11-23-17(13)22/h6-7,9,14-16,20-21H,3-5,8,10-12H2,1-2H3/b7-6+/t14?,15-,16?,18?,19-/m0/s1. The number of esters is 1. The van der Waals surface area contributed by atoms with Crippen LogP contribution < -0.4 is 0 Å². The number of carbonyl (C=O) groups is 1. The highest BCUT2D eigenvalue weighted by Gasteiger charge is 2.56. The van der Waals surface area contributed by atoms with Gasteiger partial charge in [0.1, 0.15) is 6.61 Å². The second-order valence-electron chi connectivity index (χ2n) is 7.93. The summed E-state index contributed by atoms with van der Waals surface area (Å²) in [5.41, 5.74) is 0.288. The molecule has 3 unspecified atom stereocenters. The molecule has 23 heavy (non-hydrogen) atoms. The van der Waals surface area contributed by atoms with Crippen LogP contribution in [0.15, 0.2) is 23.8 Å². The van der Waals surface area contributed by atoms with Gasteiger partial charge in [0.25, 0.3) is 0 Å². The number of hydrogen-bond acceptors (Lipinski definition) is 4. The Balaban J connectivity index is 1.85. The number of cyclic esters (lactones) is 1. The number of aliphatic hydroxyl groups excluding tert-OH is 2. The lowest BCUT2D eigenvalue weighted by Gasteiger charge is -2.59. The third-order valence-electron chi connectivity index (χ3n) is 6.77. The van der Waals surface area contributed by atoms with Crippen LogP contribution in [0, 0.1) is 22.7 Å². The molecule has 2 N–H and O–H groups in total. The molecule has 4 heteroatoms. The van der Waals surface area contributed by atoms with Crippen LogP contribution in [0.4, 0.5) is 0 Å².